The molecule has 0 spiro atoms. The first-order valence-corrected chi connectivity index (χ1v) is 7.20. The summed E-state index contributed by atoms with van der Waals surface area (Å²) in [5, 5.41) is 12.5. The van der Waals surface area contributed by atoms with Gasteiger partial charge in [0.2, 0.25) is 0 Å². The van der Waals surface area contributed by atoms with E-state index in [1.807, 2.05) is 0 Å². The van der Waals surface area contributed by atoms with Gasteiger partial charge in [0.1, 0.15) is 0 Å². The van der Waals surface area contributed by atoms with Gasteiger partial charge in [-0.2, -0.15) is 0 Å². The summed E-state index contributed by atoms with van der Waals surface area (Å²) < 4.78 is 0. The molecule has 2 nitrogen and oxygen atoms in total. The minimum Gasteiger partial charge on any atom is -0.396 e. The molecule has 0 saturated heterocycles. The summed E-state index contributed by atoms with van der Waals surface area (Å²) >= 11 is 0. The van der Waals surface area contributed by atoms with Crippen LogP contribution < -0.4 is 5.32 Å². The van der Waals surface area contributed by atoms with Crippen molar-refractivity contribution in [1.82, 2.24) is 5.32 Å². The minimum absolute atomic E-state index is 0.343. The molecule has 2 rings (SSSR count). The first-order chi connectivity index (χ1) is 8.85. The molecular formula is C16H25NO. The molecule has 100 valence electrons. The monoisotopic (exact) mass is 247 g/mol. The number of aliphatic hydroxyl groups is 1. The van der Waals surface area contributed by atoms with Crippen LogP contribution in [0.25, 0.3) is 0 Å². The number of benzene rings is 1. The SMILES string of the molecule is OCCC1(CNCCCCc2ccccc2)CC1. The van der Waals surface area contributed by atoms with Crippen LogP contribution >= 0.6 is 0 Å². The lowest BCUT2D eigenvalue weighted by atomic mass is 10.0. The molecule has 18 heavy (non-hydrogen) atoms. The first-order valence-electron chi connectivity index (χ1n) is 7.20. The molecule has 1 saturated carbocycles. The molecule has 1 fully saturated rings. The molecule has 2 heteroatoms. The van der Waals surface area contributed by atoms with Crippen LogP contribution in [0.4, 0.5) is 0 Å². The topological polar surface area (TPSA) is 32.3 Å². The summed E-state index contributed by atoms with van der Waals surface area (Å²) in [6, 6.07) is 10.7. The molecule has 0 heterocycles. The highest BCUT2D eigenvalue weighted by molar-refractivity contribution is 5.14. The van der Waals surface area contributed by atoms with Crippen LogP contribution in [0, 0.1) is 5.41 Å². The van der Waals surface area contributed by atoms with Gasteiger partial charge in [0, 0.05) is 13.2 Å². The van der Waals surface area contributed by atoms with Crippen molar-refractivity contribution in [2.45, 2.75) is 38.5 Å². The Balaban J connectivity index is 1.49. The summed E-state index contributed by atoms with van der Waals surface area (Å²) in [7, 11) is 0. The van der Waals surface area contributed by atoms with Crippen LogP contribution in [-0.4, -0.2) is 24.8 Å². The Bertz CT molecular complexity index is 332. The number of aryl methyl sites for hydroxylation is 1. The van der Waals surface area contributed by atoms with Gasteiger partial charge in [0.25, 0.3) is 0 Å². The summed E-state index contributed by atoms with van der Waals surface area (Å²) in [5.41, 5.74) is 1.89. The zero-order valence-corrected chi connectivity index (χ0v) is 11.2. The number of hydrogen-bond acceptors (Lipinski definition) is 2. The molecule has 0 radical (unpaired) electrons. The van der Waals surface area contributed by atoms with Crippen molar-refractivity contribution in [2.24, 2.45) is 5.41 Å². The number of unbranched alkanes of at least 4 members (excludes halogenated alkanes) is 1. The van der Waals surface area contributed by atoms with E-state index in [-0.39, 0.29) is 0 Å². The largest absolute Gasteiger partial charge is 0.396 e. The van der Waals surface area contributed by atoms with Crippen molar-refractivity contribution in [3.8, 4) is 0 Å². The highest BCUT2D eigenvalue weighted by Gasteiger charge is 2.40. The zero-order valence-electron chi connectivity index (χ0n) is 11.2. The van der Waals surface area contributed by atoms with E-state index in [2.05, 4.69) is 35.6 Å². The molecule has 1 aromatic carbocycles. The molecule has 1 aromatic rings. The zero-order chi connectivity index (χ0) is 12.7. The van der Waals surface area contributed by atoms with Crippen molar-refractivity contribution in [3.05, 3.63) is 35.9 Å². The van der Waals surface area contributed by atoms with Gasteiger partial charge in [-0.15, -0.1) is 0 Å². The molecule has 1 aliphatic rings. The Kier molecular flexibility index (Phi) is 5.21. The lowest BCUT2D eigenvalue weighted by Gasteiger charge is -2.14. The van der Waals surface area contributed by atoms with E-state index in [0.29, 0.717) is 12.0 Å². The van der Waals surface area contributed by atoms with Crippen LogP contribution in [0.2, 0.25) is 0 Å². The fourth-order valence-electron chi connectivity index (χ4n) is 2.51. The van der Waals surface area contributed by atoms with Gasteiger partial charge >= 0.3 is 0 Å². The standard InChI is InChI=1S/C16H25NO/c18-13-11-16(9-10-16)14-17-12-5-4-8-15-6-2-1-3-7-15/h1-3,6-7,17-18H,4-5,8-14H2. The average molecular weight is 247 g/mol. The maximum absolute atomic E-state index is 8.98. The normalized spacial score (nSPS) is 16.7. The molecular weight excluding hydrogens is 222 g/mol. The van der Waals surface area contributed by atoms with Crippen LogP contribution in [0.1, 0.15) is 37.7 Å². The highest BCUT2D eigenvalue weighted by Crippen LogP contribution is 2.47. The Labute approximate surface area is 110 Å². The van der Waals surface area contributed by atoms with Crippen LogP contribution in [0.15, 0.2) is 30.3 Å². The second-order valence-electron chi connectivity index (χ2n) is 5.59. The van der Waals surface area contributed by atoms with Gasteiger partial charge in [0.05, 0.1) is 0 Å². The molecule has 1 aliphatic carbocycles. The van der Waals surface area contributed by atoms with Gasteiger partial charge in [-0.1, -0.05) is 30.3 Å². The van der Waals surface area contributed by atoms with Crippen LogP contribution in [0.3, 0.4) is 0 Å². The van der Waals surface area contributed by atoms with Gasteiger partial charge in [-0.25, -0.2) is 0 Å². The van der Waals surface area contributed by atoms with Crippen molar-refractivity contribution in [3.63, 3.8) is 0 Å². The van der Waals surface area contributed by atoms with Gasteiger partial charge in [-0.3, -0.25) is 0 Å². The fourth-order valence-corrected chi connectivity index (χ4v) is 2.51. The molecule has 0 aliphatic heterocycles. The van der Waals surface area contributed by atoms with E-state index in [4.69, 9.17) is 5.11 Å². The third-order valence-electron chi connectivity index (χ3n) is 4.01. The summed E-state index contributed by atoms with van der Waals surface area (Å²) in [4.78, 5) is 0. The highest BCUT2D eigenvalue weighted by atomic mass is 16.3. The third-order valence-corrected chi connectivity index (χ3v) is 4.01. The van der Waals surface area contributed by atoms with Gasteiger partial charge in [0.15, 0.2) is 0 Å². The molecule has 0 aromatic heterocycles. The van der Waals surface area contributed by atoms with E-state index < -0.39 is 0 Å². The maximum atomic E-state index is 8.98. The molecule has 2 N–H and O–H groups in total. The summed E-state index contributed by atoms with van der Waals surface area (Å²) in [6.07, 6.45) is 7.25. The maximum Gasteiger partial charge on any atom is 0.0436 e. The second kappa shape index (κ2) is 6.91. The van der Waals surface area contributed by atoms with Crippen molar-refractivity contribution >= 4 is 0 Å². The van der Waals surface area contributed by atoms with E-state index in [9.17, 15) is 0 Å². The lowest BCUT2D eigenvalue weighted by Crippen LogP contribution is -2.25. The first kappa shape index (κ1) is 13.6. The Hall–Kier alpha value is -0.860. The minimum atomic E-state index is 0.343. The van der Waals surface area contributed by atoms with E-state index in [1.54, 1.807) is 0 Å². The smallest absolute Gasteiger partial charge is 0.0436 e. The molecule has 0 amide bonds. The van der Waals surface area contributed by atoms with E-state index >= 15 is 0 Å². The van der Waals surface area contributed by atoms with Gasteiger partial charge < -0.3 is 10.4 Å². The van der Waals surface area contributed by atoms with Crippen LogP contribution in [0.5, 0.6) is 0 Å². The molecule has 0 bridgehead atoms. The Morgan fingerprint density at radius 2 is 1.89 bits per heavy atom. The molecule has 0 unspecified atom stereocenters. The lowest BCUT2D eigenvalue weighted by molar-refractivity contribution is 0.245. The Morgan fingerprint density at radius 3 is 2.56 bits per heavy atom. The van der Waals surface area contributed by atoms with Crippen LogP contribution in [-0.2, 0) is 6.42 Å². The number of nitrogens with one attached hydrogen (secondary N) is 1. The van der Waals surface area contributed by atoms with E-state index in [0.717, 1.165) is 19.5 Å². The summed E-state index contributed by atoms with van der Waals surface area (Å²) in [5.74, 6) is 0. The number of hydrogen-bond donors (Lipinski definition) is 2. The summed E-state index contributed by atoms with van der Waals surface area (Å²) in [6.45, 7) is 2.55. The van der Waals surface area contributed by atoms with Crippen molar-refractivity contribution in [2.75, 3.05) is 19.7 Å². The average Bonchev–Trinajstić information content (AvgIpc) is 3.15. The fraction of sp³-hybridized carbons (Fsp3) is 0.625. The van der Waals surface area contributed by atoms with Crippen molar-refractivity contribution < 1.29 is 5.11 Å². The van der Waals surface area contributed by atoms with Crippen molar-refractivity contribution in [1.29, 1.82) is 0 Å². The number of aliphatic hydroxyl groups excluding tert-OH is 1. The van der Waals surface area contributed by atoms with E-state index in [1.165, 1.54) is 37.7 Å². The Morgan fingerprint density at radius 1 is 1.11 bits per heavy atom. The molecule has 0 atom stereocenters. The third kappa shape index (κ3) is 4.43. The quantitative estimate of drug-likeness (QED) is 0.658. The predicted molar refractivity (Wildman–Crippen MR) is 75.6 cm³/mol. The second-order valence-corrected chi connectivity index (χ2v) is 5.59. The predicted octanol–water partition coefficient (Wildman–Crippen LogP) is 2.76. The van der Waals surface area contributed by atoms with Gasteiger partial charge in [-0.05, 0) is 56.0 Å². The number of rotatable bonds is 9.